The van der Waals surface area contributed by atoms with Gasteiger partial charge in [0.25, 0.3) is 5.69 Å². The Morgan fingerprint density at radius 1 is 1.19 bits per heavy atom. The van der Waals surface area contributed by atoms with E-state index in [1.165, 1.54) is 6.07 Å². The van der Waals surface area contributed by atoms with Crippen LogP contribution in [0.15, 0.2) is 54.7 Å². The number of nitrogens with zero attached hydrogens (tertiary/aromatic N) is 3. The molecule has 0 bridgehead atoms. The van der Waals surface area contributed by atoms with Gasteiger partial charge >= 0.3 is 0 Å². The molecule has 0 amide bonds. The number of aryl methyl sites for hydroxylation is 1. The van der Waals surface area contributed by atoms with Gasteiger partial charge in [-0.1, -0.05) is 18.2 Å². The zero-order chi connectivity index (χ0) is 18.5. The smallest absolute Gasteiger partial charge is 0.277 e. The topological polar surface area (TPSA) is 90.2 Å². The summed E-state index contributed by atoms with van der Waals surface area (Å²) in [6, 6.07) is 13.9. The van der Waals surface area contributed by atoms with Gasteiger partial charge in [-0.3, -0.25) is 10.1 Å². The lowest BCUT2D eigenvalue weighted by atomic mass is 10.1. The number of nitro benzene ring substituents is 1. The Bertz CT molecular complexity index is 944. The standard InChI is InChI=1S/C19H18N4O3/c1-3-26-17-11-14(15-8-4-5-9-16(15)23(24)25)12-20-19(17)22-18-10-6-7-13(2)21-18/h4-12H,3H2,1-2H3,(H,20,21,22). The van der Waals surface area contributed by atoms with E-state index in [-0.39, 0.29) is 5.69 Å². The Labute approximate surface area is 150 Å². The van der Waals surface area contributed by atoms with Crippen LogP contribution >= 0.6 is 0 Å². The lowest BCUT2D eigenvalue weighted by Crippen LogP contribution is -2.02. The van der Waals surface area contributed by atoms with Crippen LogP contribution in [0.4, 0.5) is 17.3 Å². The summed E-state index contributed by atoms with van der Waals surface area (Å²) in [5.74, 6) is 1.66. The first-order valence-electron chi connectivity index (χ1n) is 8.16. The van der Waals surface area contributed by atoms with Crippen LogP contribution in [0.2, 0.25) is 0 Å². The highest BCUT2D eigenvalue weighted by molar-refractivity contribution is 5.76. The van der Waals surface area contributed by atoms with Crippen LogP contribution < -0.4 is 10.1 Å². The van der Waals surface area contributed by atoms with Crippen LogP contribution in [0.3, 0.4) is 0 Å². The highest BCUT2D eigenvalue weighted by Gasteiger charge is 2.17. The fourth-order valence-corrected chi connectivity index (χ4v) is 2.56. The number of ether oxygens (including phenoxy) is 1. The number of benzene rings is 1. The SMILES string of the molecule is CCOc1cc(-c2ccccc2[N+](=O)[O-])cnc1Nc1cccc(C)n1. The van der Waals surface area contributed by atoms with E-state index in [1.807, 2.05) is 32.0 Å². The molecular weight excluding hydrogens is 332 g/mol. The summed E-state index contributed by atoms with van der Waals surface area (Å²) in [6.45, 7) is 4.21. The highest BCUT2D eigenvalue weighted by Crippen LogP contribution is 2.34. The molecule has 0 unspecified atom stereocenters. The second kappa shape index (κ2) is 7.60. The monoisotopic (exact) mass is 350 g/mol. The van der Waals surface area contributed by atoms with Gasteiger partial charge in [-0.25, -0.2) is 9.97 Å². The van der Waals surface area contributed by atoms with Gasteiger partial charge in [-0.05, 0) is 38.1 Å². The van der Waals surface area contributed by atoms with E-state index < -0.39 is 4.92 Å². The Hall–Kier alpha value is -3.48. The largest absolute Gasteiger partial charge is 0.490 e. The van der Waals surface area contributed by atoms with Crippen molar-refractivity contribution in [2.75, 3.05) is 11.9 Å². The summed E-state index contributed by atoms with van der Waals surface area (Å²) in [5, 5.41) is 14.4. The van der Waals surface area contributed by atoms with Crippen molar-refractivity contribution in [2.24, 2.45) is 0 Å². The van der Waals surface area contributed by atoms with Crippen molar-refractivity contribution in [3.05, 3.63) is 70.5 Å². The zero-order valence-corrected chi connectivity index (χ0v) is 14.5. The molecule has 0 aliphatic carbocycles. The average molecular weight is 350 g/mol. The molecule has 0 aliphatic heterocycles. The molecule has 3 rings (SSSR count). The maximum Gasteiger partial charge on any atom is 0.277 e. The zero-order valence-electron chi connectivity index (χ0n) is 14.5. The molecule has 0 saturated carbocycles. The third-order valence-corrected chi connectivity index (χ3v) is 3.70. The molecule has 3 aromatic rings. The fraction of sp³-hybridized carbons (Fsp3) is 0.158. The maximum absolute atomic E-state index is 11.3. The Kier molecular flexibility index (Phi) is 5.07. The summed E-state index contributed by atoms with van der Waals surface area (Å²) in [4.78, 5) is 19.7. The van der Waals surface area contributed by atoms with Crippen LogP contribution in [-0.4, -0.2) is 21.5 Å². The summed E-state index contributed by atoms with van der Waals surface area (Å²) in [7, 11) is 0. The Morgan fingerprint density at radius 2 is 2.00 bits per heavy atom. The number of anilines is 2. The van der Waals surface area contributed by atoms with Crippen molar-refractivity contribution < 1.29 is 9.66 Å². The minimum absolute atomic E-state index is 0.0257. The van der Waals surface area contributed by atoms with E-state index in [0.29, 0.717) is 35.1 Å². The number of nitrogens with one attached hydrogen (secondary N) is 1. The molecule has 0 radical (unpaired) electrons. The van der Waals surface area contributed by atoms with E-state index in [4.69, 9.17) is 4.74 Å². The van der Waals surface area contributed by atoms with Gasteiger partial charge in [-0.15, -0.1) is 0 Å². The number of nitro groups is 1. The minimum Gasteiger partial charge on any atom is -0.490 e. The van der Waals surface area contributed by atoms with Crippen molar-refractivity contribution in [3.8, 4) is 16.9 Å². The third kappa shape index (κ3) is 3.77. The molecule has 2 heterocycles. The van der Waals surface area contributed by atoms with Gasteiger partial charge in [0.2, 0.25) is 0 Å². The number of rotatable bonds is 6. The lowest BCUT2D eigenvalue weighted by Gasteiger charge is -2.13. The first-order valence-corrected chi connectivity index (χ1v) is 8.16. The van der Waals surface area contributed by atoms with Gasteiger partial charge in [0.05, 0.1) is 17.1 Å². The van der Waals surface area contributed by atoms with E-state index in [1.54, 1.807) is 30.5 Å². The molecule has 0 aliphatic rings. The molecule has 7 nitrogen and oxygen atoms in total. The Balaban J connectivity index is 2.01. The van der Waals surface area contributed by atoms with Crippen LogP contribution in [0.25, 0.3) is 11.1 Å². The first-order chi connectivity index (χ1) is 12.6. The van der Waals surface area contributed by atoms with Gasteiger partial charge < -0.3 is 10.1 Å². The predicted molar refractivity (Wildman–Crippen MR) is 99.8 cm³/mol. The number of pyridine rings is 2. The Morgan fingerprint density at radius 3 is 2.73 bits per heavy atom. The van der Waals surface area contributed by atoms with Gasteiger partial charge in [0.15, 0.2) is 11.6 Å². The van der Waals surface area contributed by atoms with Crippen molar-refractivity contribution in [1.29, 1.82) is 0 Å². The summed E-state index contributed by atoms with van der Waals surface area (Å²) >= 11 is 0. The predicted octanol–water partition coefficient (Wildman–Crippen LogP) is 4.50. The normalized spacial score (nSPS) is 10.4. The van der Waals surface area contributed by atoms with E-state index >= 15 is 0 Å². The van der Waals surface area contributed by atoms with E-state index in [0.717, 1.165) is 5.69 Å². The summed E-state index contributed by atoms with van der Waals surface area (Å²) < 4.78 is 5.68. The van der Waals surface area contributed by atoms with Gasteiger partial charge in [-0.2, -0.15) is 0 Å². The fourth-order valence-electron chi connectivity index (χ4n) is 2.56. The quantitative estimate of drug-likeness (QED) is 0.520. The van der Waals surface area contributed by atoms with Crippen molar-refractivity contribution in [3.63, 3.8) is 0 Å². The molecule has 26 heavy (non-hydrogen) atoms. The number of hydrogen-bond acceptors (Lipinski definition) is 6. The maximum atomic E-state index is 11.3. The third-order valence-electron chi connectivity index (χ3n) is 3.70. The second-order valence-electron chi connectivity index (χ2n) is 5.57. The molecule has 0 saturated heterocycles. The number of para-hydroxylation sites is 1. The van der Waals surface area contributed by atoms with Crippen LogP contribution in [-0.2, 0) is 0 Å². The minimum atomic E-state index is -0.404. The molecule has 7 heteroatoms. The van der Waals surface area contributed by atoms with Gasteiger partial charge in [0.1, 0.15) is 5.82 Å². The van der Waals surface area contributed by atoms with Crippen molar-refractivity contribution in [2.45, 2.75) is 13.8 Å². The molecule has 1 N–H and O–H groups in total. The summed E-state index contributed by atoms with van der Waals surface area (Å²) in [6.07, 6.45) is 1.59. The molecule has 0 spiro atoms. The van der Waals surface area contributed by atoms with E-state index in [9.17, 15) is 10.1 Å². The highest BCUT2D eigenvalue weighted by atomic mass is 16.6. The van der Waals surface area contributed by atoms with Crippen LogP contribution in [0.5, 0.6) is 5.75 Å². The summed E-state index contributed by atoms with van der Waals surface area (Å²) in [5.41, 5.74) is 2.01. The average Bonchev–Trinajstić information content (AvgIpc) is 2.63. The molecule has 1 aromatic carbocycles. The molecule has 0 fully saturated rings. The molecule has 0 atom stereocenters. The first kappa shape index (κ1) is 17.3. The molecule has 2 aromatic heterocycles. The molecular formula is C19H18N4O3. The molecule has 132 valence electrons. The van der Waals surface area contributed by atoms with Crippen molar-refractivity contribution >= 4 is 17.3 Å². The number of hydrogen-bond donors (Lipinski definition) is 1. The second-order valence-corrected chi connectivity index (χ2v) is 5.57. The number of aromatic nitrogens is 2. The van der Waals surface area contributed by atoms with E-state index in [2.05, 4.69) is 15.3 Å². The van der Waals surface area contributed by atoms with Crippen LogP contribution in [0, 0.1) is 17.0 Å². The van der Waals surface area contributed by atoms with Crippen molar-refractivity contribution in [1.82, 2.24) is 9.97 Å². The van der Waals surface area contributed by atoms with Gasteiger partial charge in [0, 0.05) is 23.5 Å². The lowest BCUT2D eigenvalue weighted by molar-refractivity contribution is -0.384. The van der Waals surface area contributed by atoms with Crippen LogP contribution in [0.1, 0.15) is 12.6 Å².